The van der Waals surface area contributed by atoms with Gasteiger partial charge in [0.1, 0.15) is 0 Å². The van der Waals surface area contributed by atoms with E-state index in [9.17, 15) is 0 Å². The van der Waals surface area contributed by atoms with E-state index in [1.165, 1.54) is 44.9 Å². The molecule has 1 aromatic carbocycles. The van der Waals surface area contributed by atoms with Crippen molar-refractivity contribution in [3.05, 3.63) is 35.4 Å². The van der Waals surface area contributed by atoms with E-state index in [0.29, 0.717) is 11.5 Å². The van der Waals surface area contributed by atoms with E-state index >= 15 is 0 Å². The first-order chi connectivity index (χ1) is 9.34. The molecule has 1 aliphatic heterocycles. The normalized spacial score (nSPS) is 30.3. The molecule has 0 saturated carbocycles. The maximum absolute atomic E-state index is 5.81. The van der Waals surface area contributed by atoms with E-state index in [4.69, 9.17) is 4.74 Å². The van der Waals surface area contributed by atoms with Crippen LogP contribution in [0.2, 0.25) is 0 Å². The second-order valence-corrected chi connectivity index (χ2v) is 6.66. The van der Waals surface area contributed by atoms with E-state index in [2.05, 4.69) is 40.2 Å². The summed E-state index contributed by atoms with van der Waals surface area (Å²) in [5, 5.41) is 1.09. The topological polar surface area (TPSA) is 9.23 Å². The molecule has 104 valence electrons. The number of hydrogen-bond donors (Lipinski definition) is 0. The van der Waals surface area contributed by atoms with Crippen molar-refractivity contribution < 1.29 is 4.74 Å². The standard InChI is InChI=1S/C17H23BrO/c18-13-17(11-9-15-7-4-12-19-15)10-3-6-14-5-1-2-8-16(14)17/h1-2,5,8,15H,3-4,6-7,9-13H2. The molecule has 2 aliphatic rings. The van der Waals surface area contributed by atoms with Gasteiger partial charge in [0, 0.05) is 17.4 Å². The zero-order valence-electron chi connectivity index (χ0n) is 11.5. The average Bonchev–Trinajstić information content (AvgIpc) is 2.98. The molecule has 2 unspecified atom stereocenters. The smallest absolute Gasteiger partial charge is 0.0576 e. The van der Waals surface area contributed by atoms with Crippen LogP contribution >= 0.6 is 15.9 Å². The molecular formula is C17H23BrO. The summed E-state index contributed by atoms with van der Waals surface area (Å²) in [5.74, 6) is 0. The minimum absolute atomic E-state index is 0.348. The van der Waals surface area contributed by atoms with E-state index < -0.39 is 0 Å². The minimum atomic E-state index is 0.348. The molecule has 0 radical (unpaired) electrons. The Morgan fingerprint density at radius 2 is 2.16 bits per heavy atom. The number of aryl methyl sites for hydroxylation is 1. The molecule has 0 aromatic heterocycles. The van der Waals surface area contributed by atoms with Crippen LogP contribution in [0.4, 0.5) is 0 Å². The number of alkyl halides is 1. The summed E-state index contributed by atoms with van der Waals surface area (Å²) in [4.78, 5) is 0. The predicted octanol–water partition coefficient (Wildman–Crippen LogP) is 4.61. The summed E-state index contributed by atoms with van der Waals surface area (Å²) < 4.78 is 5.81. The highest BCUT2D eigenvalue weighted by Gasteiger charge is 2.36. The number of halogens is 1. The van der Waals surface area contributed by atoms with Gasteiger partial charge >= 0.3 is 0 Å². The molecular weight excluding hydrogens is 300 g/mol. The third-order valence-electron chi connectivity index (χ3n) is 4.91. The van der Waals surface area contributed by atoms with Gasteiger partial charge in [-0.05, 0) is 56.1 Å². The van der Waals surface area contributed by atoms with Gasteiger partial charge in [-0.15, -0.1) is 0 Å². The number of benzene rings is 1. The fourth-order valence-electron chi connectivity index (χ4n) is 3.78. The Kier molecular flexibility index (Phi) is 4.28. The SMILES string of the molecule is BrCC1(CCC2CCCO2)CCCc2ccccc21. The second-order valence-electron chi connectivity index (χ2n) is 6.10. The summed E-state index contributed by atoms with van der Waals surface area (Å²) in [6.45, 7) is 0.975. The van der Waals surface area contributed by atoms with Gasteiger partial charge < -0.3 is 4.74 Å². The third kappa shape index (κ3) is 2.75. The van der Waals surface area contributed by atoms with Gasteiger partial charge in [0.15, 0.2) is 0 Å². The van der Waals surface area contributed by atoms with E-state index in [1.54, 1.807) is 11.1 Å². The fraction of sp³-hybridized carbons (Fsp3) is 0.647. The second kappa shape index (κ2) is 5.97. The quantitative estimate of drug-likeness (QED) is 0.735. The molecule has 0 spiro atoms. The van der Waals surface area contributed by atoms with Crippen molar-refractivity contribution in [1.82, 2.24) is 0 Å². The maximum atomic E-state index is 5.81. The van der Waals surface area contributed by atoms with E-state index in [-0.39, 0.29) is 0 Å². The Labute approximate surface area is 124 Å². The van der Waals surface area contributed by atoms with Crippen LogP contribution in [0.25, 0.3) is 0 Å². The van der Waals surface area contributed by atoms with Gasteiger partial charge in [0.2, 0.25) is 0 Å². The maximum Gasteiger partial charge on any atom is 0.0576 e. The Morgan fingerprint density at radius 1 is 1.26 bits per heavy atom. The lowest BCUT2D eigenvalue weighted by Gasteiger charge is -2.38. The summed E-state index contributed by atoms with van der Waals surface area (Å²) in [6, 6.07) is 9.06. The van der Waals surface area contributed by atoms with Crippen LogP contribution in [0.1, 0.15) is 49.7 Å². The number of rotatable bonds is 4. The lowest BCUT2D eigenvalue weighted by molar-refractivity contribution is 0.0956. The Morgan fingerprint density at radius 3 is 2.95 bits per heavy atom. The van der Waals surface area contributed by atoms with Gasteiger partial charge in [-0.1, -0.05) is 40.2 Å². The molecule has 1 aromatic rings. The average molecular weight is 323 g/mol. The van der Waals surface area contributed by atoms with Crippen molar-refractivity contribution in [1.29, 1.82) is 0 Å². The molecule has 3 rings (SSSR count). The zero-order chi connectivity index (χ0) is 13.1. The highest BCUT2D eigenvalue weighted by atomic mass is 79.9. The molecule has 2 heteroatoms. The van der Waals surface area contributed by atoms with Crippen LogP contribution in [-0.2, 0) is 16.6 Å². The van der Waals surface area contributed by atoms with Crippen molar-refractivity contribution in [2.45, 2.75) is 56.5 Å². The lowest BCUT2D eigenvalue weighted by Crippen LogP contribution is -2.33. The van der Waals surface area contributed by atoms with Gasteiger partial charge in [-0.3, -0.25) is 0 Å². The lowest BCUT2D eigenvalue weighted by atomic mass is 9.68. The van der Waals surface area contributed by atoms with Gasteiger partial charge in [0.05, 0.1) is 6.10 Å². The van der Waals surface area contributed by atoms with E-state index in [0.717, 1.165) is 11.9 Å². The van der Waals surface area contributed by atoms with Crippen LogP contribution in [0.3, 0.4) is 0 Å². The highest BCUT2D eigenvalue weighted by molar-refractivity contribution is 9.09. The Balaban J connectivity index is 1.78. The van der Waals surface area contributed by atoms with Crippen molar-refractivity contribution >= 4 is 15.9 Å². The first-order valence-corrected chi connectivity index (χ1v) is 8.72. The summed E-state index contributed by atoms with van der Waals surface area (Å²) in [6.07, 6.45) is 9.42. The Bertz CT molecular complexity index is 425. The van der Waals surface area contributed by atoms with Gasteiger partial charge in [-0.25, -0.2) is 0 Å². The zero-order valence-corrected chi connectivity index (χ0v) is 13.1. The van der Waals surface area contributed by atoms with Crippen molar-refractivity contribution in [2.75, 3.05) is 11.9 Å². The molecule has 19 heavy (non-hydrogen) atoms. The monoisotopic (exact) mass is 322 g/mol. The predicted molar refractivity (Wildman–Crippen MR) is 83.1 cm³/mol. The van der Waals surface area contributed by atoms with Crippen LogP contribution < -0.4 is 0 Å². The summed E-state index contributed by atoms with van der Waals surface area (Å²) in [5.41, 5.74) is 3.51. The largest absolute Gasteiger partial charge is 0.378 e. The van der Waals surface area contributed by atoms with E-state index in [1.807, 2.05) is 0 Å². The van der Waals surface area contributed by atoms with Crippen LogP contribution in [0, 0.1) is 0 Å². The molecule has 1 heterocycles. The summed E-state index contributed by atoms with van der Waals surface area (Å²) >= 11 is 3.81. The van der Waals surface area contributed by atoms with Crippen molar-refractivity contribution in [2.24, 2.45) is 0 Å². The first-order valence-electron chi connectivity index (χ1n) is 7.60. The molecule has 1 aliphatic carbocycles. The third-order valence-corrected chi connectivity index (χ3v) is 5.99. The van der Waals surface area contributed by atoms with Gasteiger partial charge in [-0.2, -0.15) is 0 Å². The summed E-state index contributed by atoms with van der Waals surface area (Å²) in [7, 11) is 0. The van der Waals surface area contributed by atoms with Crippen LogP contribution in [0.5, 0.6) is 0 Å². The molecule has 0 amide bonds. The molecule has 1 nitrogen and oxygen atoms in total. The molecule has 1 fully saturated rings. The van der Waals surface area contributed by atoms with Crippen LogP contribution in [0.15, 0.2) is 24.3 Å². The molecule has 0 N–H and O–H groups in total. The molecule has 1 saturated heterocycles. The van der Waals surface area contributed by atoms with Crippen molar-refractivity contribution in [3.8, 4) is 0 Å². The number of hydrogen-bond acceptors (Lipinski definition) is 1. The molecule has 2 atom stereocenters. The molecule has 0 bridgehead atoms. The highest BCUT2D eigenvalue weighted by Crippen LogP contribution is 2.43. The first kappa shape index (κ1) is 13.6. The number of ether oxygens (including phenoxy) is 1. The Hall–Kier alpha value is -0.340. The van der Waals surface area contributed by atoms with Crippen molar-refractivity contribution in [3.63, 3.8) is 0 Å². The van der Waals surface area contributed by atoms with Gasteiger partial charge in [0.25, 0.3) is 0 Å². The fourth-order valence-corrected chi connectivity index (χ4v) is 4.64. The number of fused-ring (bicyclic) bond motifs is 1. The van der Waals surface area contributed by atoms with Crippen LogP contribution in [-0.4, -0.2) is 18.0 Å². The minimum Gasteiger partial charge on any atom is -0.378 e.